The highest BCUT2D eigenvalue weighted by Gasteiger charge is 2.21. The first-order valence-electron chi connectivity index (χ1n) is 6.02. The SMILES string of the molecule is Cc1cc(-c2n[nH]c(C3CCCC3)n2)c(N)s1. The van der Waals surface area contributed by atoms with Crippen molar-refractivity contribution >= 4 is 16.3 Å². The molecule has 1 aliphatic rings. The largest absolute Gasteiger partial charge is 0.390 e. The number of thiophene rings is 1. The summed E-state index contributed by atoms with van der Waals surface area (Å²) in [5.74, 6) is 2.34. The van der Waals surface area contributed by atoms with Gasteiger partial charge in [-0.2, -0.15) is 5.10 Å². The molecule has 2 aromatic heterocycles. The molecule has 3 N–H and O–H groups in total. The van der Waals surface area contributed by atoms with Crippen LogP contribution in [0.4, 0.5) is 5.00 Å². The molecule has 0 unspecified atom stereocenters. The van der Waals surface area contributed by atoms with E-state index in [0.717, 1.165) is 22.2 Å². The molecule has 0 amide bonds. The third-order valence-electron chi connectivity index (χ3n) is 3.37. The number of aromatic amines is 1. The van der Waals surface area contributed by atoms with Crippen LogP contribution in [0.1, 0.15) is 42.3 Å². The maximum Gasteiger partial charge on any atom is 0.184 e. The fourth-order valence-electron chi connectivity index (χ4n) is 2.48. The van der Waals surface area contributed by atoms with Gasteiger partial charge < -0.3 is 5.73 Å². The van der Waals surface area contributed by atoms with Gasteiger partial charge in [-0.15, -0.1) is 11.3 Å². The molecule has 2 heterocycles. The molecule has 0 bridgehead atoms. The third-order valence-corrected chi connectivity index (χ3v) is 4.25. The number of rotatable bonds is 2. The van der Waals surface area contributed by atoms with Crippen molar-refractivity contribution in [3.63, 3.8) is 0 Å². The van der Waals surface area contributed by atoms with Gasteiger partial charge in [-0.05, 0) is 25.8 Å². The van der Waals surface area contributed by atoms with Gasteiger partial charge in [-0.3, -0.25) is 5.10 Å². The average molecular weight is 248 g/mol. The molecule has 1 fully saturated rings. The first kappa shape index (κ1) is 10.8. The lowest BCUT2D eigenvalue weighted by Gasteiger charge is -2.01. The highest BCUT2D eigenvalue weighted by atomic mass is 32.1. The molecule has 1 aliphatic carbocycles. The molecule has 0 atom stereocenters. The molecule has 0 aromatic carbocycles. The summed E-state index contributed by atoms with van der Waals surface area (Å²) in [6.07, 6.45) is 5.07. The van der Waals surface area contributed by atoms with Crippen LogP contribution in [0.2, 0.25) is 0 Å². The van der Waals surface area contributed by atoms with Crippen molar-refractivity contribution in [3.8, 4) is 11.4 Å². The maximum atomic E-state index is 5.96. The molecule has 4 nitrogen and oxygen atoms in total. The molecular weight excluding hydrogens is 232 g/mol. The highest BCUT2D eigenvalue weighted by molar-refractivity contribution is 7.16. The Morgan fingerprint density at radius 1 is 1.41 bits per heavy atom. The van der Waals surface area contributed by atoms with Crippen LogP contribution < -0.4 is 5.73 Å². The van der Waals surface area contributed by atoms with E-state index in [1.807, 2.05) is 0 Å². The number of hydrogen-bond acceptors (Lipinski definition) is 4. The van der Waals surface area contributed by atoms with E-state index in [-0.39, 0.29) is 0 Å². The van der Waals surface area contributed by atoms with Crippen molar-refractivity contribution < 1.29 is 0 Å². The molecular formula is C12H16N4S. The number of H-pyrrole nitrogens is 1. The van der Waals surface area contributed by atoms with Crippen LogP contribution in [0.15, 0.2) is 6.07 Å². The Bertz CT molecular complexity index is 522. The van der Waals surface area contributed by atoms with Gasteiger partial charge in [0, 0.05) is 10.8 Å². The number of nitrogen functional groups attached to an aromatic ring is 1. The van der Waals surface area contributed by atoms with Crippen LogP contribution in [-0.2, 0) is 0 Å². The highest BCUT2D eigenvalue weighted by Crippen LogP contribution is 2.35. The summed E-state index contributed by atoms with van der Waals surface area (Å²) in [6.45, 7) is 2.05. The number of nitrogens with two attached hydrogens (primary N) is 1. The smallest absolute Gasteiger partial charge is 0.184 e. The van der Waals surface area contributed by atoms with Crippen LogP contribution in [0.3, 0.4) is 0 Å². The Balaban J connectivity index is 1.91. The van der Waals surface area contributed by atoms with Gasteiger partial charge in [0.2, 0.25) is 0 Å². The maximum absolute atomic E-state index is 5.96. The first-order valence-corrected chi connectivity index (χ1v) is 6.84. The summed E-state index contributed by atoms with van der Waals surface area (Å²) >= 11 is 1.59. The van der Waals surface area contributed by atoms with E-state index in [2.05, 4.69) is 28.2 Å². The predicted molar refractivity (Wildman–Crippen MR) is 70.1 cm³/mol. The minimum absolute atomic E-state index is 0.567. The minimum atomic E-state index is 0.567. The second kappa shape index (κ2) is 4.14. The monoisotopic (exact) mass is 248 g/mol. The Kier molecular flexibility index (Phi) is 2.63. The Hall–Kier alpha value is -1.36. The molecule has 90 valence electrons. The molecule has 0 spiro atoms. The average Bonchev–Trinajstić information content (AvgIpc) is 2.97. The summed E-state index contributed by atoms with van der Waals surface area (Å²) in [5, 5.41) is 8.17. The third kappa shape index (κ3) is 1.95. The van der Waals surface area contributed by atoms with E-state index in [0.29, 0.717) is 5.92 Å². The molecule has 1 saturated carbocycles. The molecule has 17 heavy (non-hydrogen) atoms. The Morgan fingerprint density at radius 3 is 2.82 bits per heavy atom. The normalized spacial score (nSPS) is 16.8. The van der Waals surface area contributed by atoms with Gasteiger partial charge in [0.25, 0.3) is 0 Å². The number of nitrogens with zero attached hydrogens (tertiary/aromatic N) is 2. The minimum Gasteiger partial charge on any atom is -0.390 e. The Labute approximate surface area is 104 Å². The van der Waals surface area contributed by atoms with E-state index in [1.54, 1.807) is 11.3 Å². The standard InChI is InChI=1S/C12H16N4S/c1-7-6-9(10(13)17-7)12-14-11(15-16-12)8-4-2-3-5-8/h6,8H,2-5,13H2,1H3,(H,14,15,16). The fraction of sp³-hybridized carbons (Fsp3) is 0.500. The topological polar surface area (TPSA) is 67.6 Å². The van der Waals surface area contributed by atoms with Crippen molar-refractivity contribution in [2.24, 2.45) is 0 Å². The summed E-state index contributed by atoms with van der Waals surface area (Å²) in [6, 6.07) is 2.06. The van der Waals surface area contributed by atoms with Crippen LogP contribution >= 0.6 is 11.3 Å². The number of aromatic nitrogens is 3. The van der Waals surface area contributed by atoms with E-state index in [4.69, 9.17) is 5.73 Å². The van der Waals surface area contributed by atoms with Gasteiger partial charge in [0.15, 0.2) is 5.82 Å². The van der Waals surface area contributed by atoms with E-state index < -0.39 is 0 Å². The van der Waals surface area contributed by atoms with Crippen LogP contribution in [0.25, 0.3) is 11.4 Å². The molecule has 0 saturated heterocycles. The zero-order valence-electron chi connectivity index (χ0n) is 9.86. The fourth-order valence-corrected chi connectivity index (χ4v) is 3.27. The zero-order chi connectivity index (χ0) is 11.8. The molecule has 5 heteroatoms. The lowest BCUT2D eigenvalue weighted by atomic mass is 10.1. The van der Waals surface area contributed by atoms with Gasteiger partial charge in [-0.1, -0.05) is 12.8 Å². The zero-order valence-corrected chi connectivity index (χ0v) is 10.7. The summed E-state index contributed by atoms with van der Waals surface area (Å²) in [7, 11) is 0. The molecule has 0 radical (unpaired) electrons. The molecule has 3 rings (SSSR count). The predicted octanol–water partition coefficient (Wildman–Crippen LogP) is 3.08. The van der Waals surface area contributed by atoms with E-state index >= 15 is 0 Å². The lowest BCUT2D eigenvalue weighted by molar-refractivity contribution is 0.672. The van der Waals surface area contributed by atoms with Gasteiger partial charge in [0.1, 0.15) is 5.82 Å². The van der Waals surface area contributed by atoms with Crippen molar-refractivity contribution in [2.75, 3.05) is 5.73 Å². The summed E-state index contributed by atoms with van der Waals surface area (Å²) < 4.78 is 0. The van der Waals surface area contributed by atoms with Gasteiger partial charge in [-0.25, -0.2) is 4.98 Å². The second-order valence-electron chi connectivity index (χ2n) is 4.66. The van der Waals surface area contributed by atoms with Crippen LogP contribution in [0.5, 0.6) is 0 Å². The van der Waals surface area contributed by atoms with Crippen molar-refractivity contribution in [2.45, 2.75) is 38.5 Å². The number of nitrogens with one attached hydrogen (secondary N) is 1. The second-order valence-corrected chi connectivity index (χ2v) is 5.95. The van der Waals surface area contributed by atoms with Gasteiger partial charge in [0.05, 0.1) is 10.6 Å². The van der Waals surface area contributed by atoms with Crippen LogP contribution in [0, 0.1) is 6.92 Å². The van der Waals surface area contributed by atoms with E-state index in [9.17, 15) is 0 Å². The van der Waals surface area contributed by atoms with Gasteiger partial charge >= 0.3 is 0 Å². The molecule has 2 aromatic rings. The molecule has 0 aliphatic heterocycles. The van der Waals surface area contributed by atoms with Crippen LogP contribution in [-0.4, -0.2) is 15.2 Å². The summed E-state index contributed by atoms with van der Waals surface area (Å²) in [4.78, 5) is 5.80. The first-order chi connectivity index (χ1) is 8.24. The number of hydrogen-bond donors (Lipinski definition) is 2. The summed E-state index contributed by atoms with van der Waals surface area (Å²) in [5.41, 5.74) is 6.93. The quantitative estimate of drug-likeness (QED) is 0.858. The Morgan fingerprint density at radius 2 is 2.18 bits per heavy atom. The van der Waals surface area contributed by atoms with E-state index in [1.165, 1.54) is 30.6 Å². The number of aryl methyl sites for hydroxylation is 1. The number of anilines is 1. The van der Waals surface area contributed by atoms with Crippen molar-refractivity contribution in [3.05, 3.63) is 16.8 Å². The van der Waals surface area contributed by atoms with Crippen molar-refractivity contribution in [1.29, 1.82) is 0 Å². The van der Waals surface area contributed by atoms with Crippen molar-refractivity contribution in [1.82, 2.24) is 15.2 Å². The lowest BCUT2D eigenvalue weighted by Crippen LogP contribution is -1.94.